The molecule has 1 aromatic heterocycles. The van der Waals surface area contributed by atoms with Gasteiger partial charge in [0.1, 0.15) is 0 Å². The van der Waals surface area contributed by atoms with Crippen molar-refractivity contribution in [2.75, 3.05) is 0 Å². The average molecular weight is 235 g/mol. The van der Waals surface area contributed by atoms with Crippen LogP contribution in [0.25, 0.3) is 23.9 Å². The van der Waals surface area contributed by atoms with Crippen LogP contribution in [0, 0.1) is 6.92 Å². The summed E-state index contributed by atoms with van der Waals surface area (Å²) in [5.74, 6) is 0. The molecule has 0 fully saturated rings. The zero-order valence-electron chi connectivity index (χ0n) is 10.7. The van der Waals surface area contributed by atoms with Crippen LogP contribution >= 0.6 is 0 Å². The van der Waals surface area contributed by atoms with Crippen LogP contribution in [0.5, 0.6) is 0 Å². The third kappa shape index (κ3) is 1.84. The molecule has 0 aliphatic carbocycles. The number of para-hydroxylation sites is 1. The van der Waals surface area contributed by atoms with E-state index in [1.165, 1.54) is 5.56 Å². The van der Waals surface area contributed by atoms with E-state index in [9.17, 15) is 0 Å². The maximum Gasteiger partial charge on any atom is 0.0562 e. The van der Waals surface area contributed by atoms with Crippen LogP contribution in [0.15, 0.2) is 50.1 Å². The van der Waals surface area contributed by atoms with Gasteiger partial charge in [0.2, 0.25) is 0 Å². The highest BCUT2D eigenvalue weighted by Crippen LogP contribution is 2.26. The third-order valence-corrected chi connectivity index (χ3v) is 3.07. The molecule has 0 atom stereocenters. The van der Waals surface area contributed by atoms with E-state index in [0.717, 1.165) is 22.6 Å². The zero-order chi connectivity index (χ0) is 13.1. The van der Waals surface area contributed by atoms with E-state index in [-0.39, 0.29) is 0 Å². The van der Waals surface area contributed by atoms with E-state index < -0.39 is 0 Å². The number of hydrogen-bond donors (Lipinski definition) is 0. The van der Waals surface area contributed by atoms with Gasteiger partial charge in [-0.15, -0.1) is 0 Å². The minimum absolute atomic E-state index is 1.06. The predicted molar refractivity (Wildman–Crippen MR) is 80.8 cm³/mol. The van der Waals surface area contributed by atoms with Crippen molar-refractivity contribution in [3.63, 3.8) is 0 Å². The van der Waals surface area contributed by atoms with Crippen molar-refractivity contribution >= 4 is 18.2 Å². The molecule has 2 aromatic rings. The predicted octanol–water partition coefficient (Wildman–Crippen LogP) is 4.71. The fraction of sp³-hybridized carbons (Fsp3) is 0.0588. The second-order valence-corrected chi connectivity index (χ2v) is 4.14. The normalized spacial score (nSPS) is 10.1. The first kappa shape index (κ1) is 12.2. The van der Waals surface area contributed by atoms with Gasteiger partial charge in [0.05, 0.1) is 5.69 Å². The van der Waals surface area contributed by atoms with E-state index in [1.807, 2.05) is 36.4 Å². The summed E-state index contributed by atoms with van der Waals surface area (Å²) in [5.41, 5.74) is 5.57. The fourth-order valence-corrected chi connectivity index (χ4v) is 2.20. The Morgan fingerprint density at radius 2 is 1.50 bits per heavy atom. The Labute approximate surface area is 108 Å². The Hall–Kier alpha value is -2.28. The van der Waals surface area contributed by atoms with E-state index in [1.54, 1.807) is 0 Å². The lowest BCUT2D eigenvalue weighted by atomic mass is 10.1. The Balaban J connectivity index is 2.83. The van der Waals surface area contributed by atoms with Gasteiger partial charge in [-0.2, -0.15) is 0 Å². The van der Waals surface area contributed by atoms with Gasteiger partial charge in [0.25, 0.3) is 0 Å². The molecule has 0 amide bonds. The van der Waals surface area contributed by atoms with Gasteiger partial charge < -0.3 is 4.57 Å². The van der Waals surface area contributed by atoms with E-state index in [0.29, 0.717) is 0 Å². The second-order valence-electron chi connectivity index (χ2n) is 4.14. The van der Waals surface area contributed by atoms with Crippen LogP contribution < -0.4 is 0 Å². The first-order chi connectivity index (χ1) is 8.72. The molecule has 0 aliphatic heterocycles. The number of hydrogen-bond acceptors (Lipinski definition) is 0. The van der Waals surface area contributed by atoms with Gasteiger partial charge >= 0.3 is 0 Å². The van der Waals surface area contributed by atoms with Crippen molar-refractivity contribution in [1.29, 1.82) is 0 Å². The van der Waals surface area contributed by atoms with Crippen molar-refractivity contribution in [2.24, 2.45) is 0 Å². The number of benzene rings is 1. The third-order valence-electron chi connectivity index (χ3n) is 3.07. The minimum atomic E-state index is 1.06. The Morgan fingerprint density at radius 3 is 2.00 bits per heavy atom. The Bertz CT molecular complexity index is 589. The summed E-state index contributed by atoms with van der Waals surface area (Å²) in [6.45, 7) is 13.7. The van der Waals surface area contributed by atoms with E-state index in [4.69, 9.17) is 0 Å². The molecular formula is C17H17N. The molecule has 18 heavy (non-hydrogen) atoms. The monoisotopic (exact) mass is 235 g/mol. The largest absolute Gasteiger partial charge is 0.310 e. The lowest BCUT2D eigenvalue weighted by Gasteiger charge is -2.16. The first-order valence-electron chi connectivity index (χ1n) is 5.92. The van der Waals surface area contributed by atoms with Gasteiger partial charge in [-0.1, -0.05) is 44.0 Å². The molecule has 0 saturated heterocycles. The Morgan fingerprint density at radius 1 is 0.889 bits per heavy atom. The molecule has 0 radical (unpaired) electrons. The summed E-state index contributed by atoms with van der Waals surface area (Å²) in [6.07, 6.45) is 5.58. The minimum Gasteiger partial charge on any atom is -0.310 e. The molecule has 0 N–H and O–H groups in total. The maximum atomic E-state index is 3.89. The van der Waals surface area contributed by atoms with Crippen molar-refractivity contribution in [2.45, 2.75) is 6.92 Å². The van der Waals surface area contributed by atoms with E-state index >= 15 is 0 Å². The molecule has 0 saturated carbocycles. The van der Waals surface area contributed by atoms with Crippen molar-refractivity contribution in [3.8, 4) is 5.69 Å². The lowest BCUT2D eigenvalue weighted by Crippen LogP contribution is -2.03. The van der Waals surface area contributed by atoms with Gasteiger partial charge in [-0.3, -0.25) is 0 Å². The topological polar surface area (TPSA) is 4.93 Å². The molecule has 1 aromatic carbocycles. The summed E-state index contributed by atoms with van der Waals surface area (Å²) in [4.78, 5) is 0. The van der Waals surface area contributed by atoms with Crippen molar-refractivity contribution in [1.82, 2.24) is 4.57 Å². The molecule has 1 heterocycles. The molecule has 1 heteroatoms. The van der Waals surface area contributed by atoms with Crippen LogP contribution in [0.1, 0.15) is 22.5 Å². The van der Waals surface area contributed by atoms with Gasteiger partial charge in [0.15, 0.2) is 0 Å². The molecule has 0 spiro atoms. The SMILES string of the molecule is C=Cc1cccc(C)c1-n1c(C=C)ccc1C=C. The molecule has 0 unspecified atom stereocenters. The molecular weight excluding hydrogens is 218 g/mol. The second kappa shape index (κ2) is 4.92. The first-order valence-corrected chi connectivity index (χ1v) is 5.92. The lowest BCUT2D eigenvalue weighted by molar-refractivity contribution is 1.03. The molecule has 1 nitrogen and oxygen atoms in total. The smallest absolute Gasteiger partial charge is 0.0562 e. The summed E-state index contributed by atoms with van der Waals surface area (Å²) in [6, 6.07) is 10.3. The number of aryl methyl sites for hydroxylation is 1. The highest BCUT2D eigenvalue weighted by atomic mass is 15.0. The van der Waals surface area contributed by atoms with Gasteiger partial charge in [-0.05, 0) is 42.3 Å². The van der Waals surface area contributed by atoms with Crippen LogP contribution in [0.2, 0.25) is 0 Å². The summed E-state index contributed by atoms with van der Waals surface area (Å²) < 4.78 is 2.16. The zero-order valence-corrected chi connectivity index (χ0v) is 10.7. The molecule has 0 bridgehead atoms. The van der Waals surface area contributed by atoms with Crippen LogP contribution in [0.3, 0.4) is 0 Å². The highest BCUT2D eigenvalue weighted by molar-refractivity contribution is 5.67. The van der Waals surface area contributed by atoms with Crippen LogP contribution in [-0.4, -0.2) is 4.57 Å². The van der Waals surface area contributed by atoms with Gasteiger partial charge in [0, 0.05) is 11.4 Å². The van der Waals surface area contributed by atoms with Crippen molar-refractivity contribution < 1.29 is 0 Å². The molecule has 0 aliphatic rings. The molecule has 90 valence electrons. The standard InChI is InChI=1S/C17H17N/c1-5-14-10-8-9-13(4)17(14)18-15(6-2)11-12-16(18)7-3/h5-12H,1-3H2,4H3. The van der Waals surface area contributed by atoms with Gasteiger partial charge in [-0.25, -0.2) is 0 Å². The van der Waals surface area contributed by atoms with Crippen molar-refractivity contribution in [3.05, 3.63) is 72.6 Å². The number of aromatic nitrogens is 1. The number of rotatable bonds is 4. The quantitative estimate of drug-likeness (QED) is 0.723. The Kier molecular flexibility index (Phi) is 3.33. The van der Waals surface area contributed by atoms with E-state index in [2.05, 4.69) is 43.4 Å². The summed E-state index contributed by atoms with van der Waals surface area (Å²) in [7, 11) is 0. The average Bonchev–Trinajstić information content (AvgIpc) is 2.80. The number of nitrogens with zero attached hydrogens (tertiary/aromatic N) is 1. The summed E-state index contributed by atoms with van der Waals surface area (Å²) >= 11 is 0. The fourth-order valence-electron chi connectivity index (χ4n) is 2.20. The highest BCUT2D eigenvalue weighted by Gasteiger charge is 2.11. The van der Waals surface area contributed by atoms with Crippen LogP contribution in [0.4, 0.5) is 0 Å². The maximum absolute atomic E-state index is 3.89. The molecule has 2 rings (SSSR count). The summed E-state index contributed by atoms with van der Waals surface area (Å²) in [5, 5.41) is 0. The van der Waals surface area contributed by atoms with Crippen LogP contribution in [-0.2, 0) is 0 Å².